The van der Waals surface area contributed by atoms with Crippen molar-refractivity contribution >= 4 is 35.0 Å². The highest BCUT2D eigenvalue weighted by atomic mass is 35.5. The number of hydrogen-bond donors (Lipinski definition) is 0. The van der Waals surface area contributed by atoms with Crippen LogP contribution in [0.2, 0.25) is 5.02 Å². The van der Waals surface area contributed by atoms with Crippen LogP contribution in [0.25, 0.3) is 0 Å². The minimum atomic E-state index is -1.71. The lowest BCUT2D eigenvalue weighted by Crippen LogP contribution is -2.51. The van der Waals surface area contributed by atoms with E-state index in [1.54, 1.807) is 12.1 Å². The van der Waals surface area contributed by atoms with Gasteiger partial charge in [0.15, 0.2) is 0 Å². The Morgan fingerprint density at radius 2 is 2.00 bits per heavy atom. The Hall–Kier alpha value is -2.92. The van der Waals surface area contributed by atoms with Crippen molar-refractivity contribution in [2.24, 2.45) is 15.9 Å². The first-order valence-electron chi connectivity index (χ1n) is 12.8. The van der Waals surface area contributed by atoms with E-state index in [-0.39, 0.29) is 46.8 Å². The van der Waals surface area contributed by atoms with Crippen molar-refractivity contribution < 1.29 is 18.7 Å². The van der Waals surface area contributed by atoms with Gasteiger partial charge < -0.3 is 14.4 Å². The number of rotatable bonds is 7. The number of ether oxygens (including phenoxy) is 2. The van der Waals surface area contributed by atoms with Crippen LogP contribution in [-0.4, -0.2) is 52.6 Å². The third-order valence-corrected chi connectivity index (χ3v) is 7.02. The van der Waals surface area contributed by atoms with Crippen molar-refractivity contribution in [3.05, 3.63) is 41.6 Å². The number of carbonyl (C=O) groups is 1. The first-order valence-corrected chi connectivity index (χ1v) is 13.1. The van der Waals surface area contributed by atoms with Gasteiger partial charge in [0.25, 0.3) is 0 Å². The zero-order chi connectivity index (χ0) is 27.3. The van der Waals surface area contributed by atoms with Gasteiger partial charge in [-0.1, -0.05) is 32.0 Å². The fraction of sp³-hybridized carbons (Fsp3) is 0.571. The maximum absolute atomic E-state index is 16.1. The summed E-state index contributed by atoms with van der Waals surface area (Å²) in [6.07, 6.45) is 2.42. The summed E-state index contributed by atoms with van der Waals surface area (Å²) in [5.41, 5.74) is 0.443. The molecule has 4 atom stereocenters. The molecule has 0 N–H and O–H groups in total. The van der Waals surface area contributed by atoms with E-state index < -0.39 is 11.8 Å². The van der Waals surface area contributed by atoms with Gasteiger partial charge in [-0.15, -0.1) is 0 Å². The second kappa shape index (κ2) is 12.1. The van der Waals surface area contributed by atoms with Crippen molar-refractivity contribution in [1.29, 1.82) is 5.26 Å². The van der Waals surface area contributed by atoms with Gasteiger partial charge in [-0.3, -0.25) is 4.99 Å². The summed E-state index contributed by atoms with van der Waals surface area (Å²) >= 11 is 6.32. The average molecular weight is 531 g/mol. The average Bonchev–Trinajstić information content (AvgIpc) is 3.11. The number of nitriles is 1. The van der Waals surface area contributed by atoms with E-state index in [2.05, 4.69) is 16.6 Å². The second-order valence-electron chi connectivity index (χ2n) is 10.6. The summed E-state index contributed by atoms with van der Waals surface area (Å²) in [6.45, 7) is 13.0. The molecular formula is C28H36ClFN4O3. The molecule has 7 nitrogen and oxygen atoms in total. The molecule has 2 heterocycles. The molecule has 2 aliphatic heterocycles. The molecule has 0 saturated carbocycles. The number of piperidine rings is 1. The Labute approximate surface area is 224 Å². The molecule has 2 aliphatic rings. The smallest absolute Gasteiger partial charge is 0.410 e. The van der Waals surface area contributed by atoms with Crippen LogP contribution in [0.15, 0.2) is 41.0 Å². The number of aliphatic imine (C=N–C) groups is 2. The van der Waals surface area contributed by atoms with Crippen LogP contribution < -0.4 is 0 Å². The largest absolute Gasteiger partial charge is 0.475 e. The maximum Gasteiger partial charge on any atom is 0.410 e. The van der Waals surface area contributed by atoms with Crippen molar-refractivity contribution in [2.45, 2.75) is 96.7 Å². The first kappa shape index (κ1) is 28.6. The van der Waals surface area contributed by atoms with E-state index in [1.807, 2.05) is 45.6 Å². The number of fused-ring (bicyclic) bond motifs is 2. The number of nitrogens with zero attached hydrogens (tertiary/aromatic N) is 4. The summed E-state index contributed by atoms with van der Waals surface area (Å²) in [6, 6.07) is 6.68. The zero-order valence-corrected chi connectivity index (χ0v) is 23.0. The van der Waals surface area contributed by atoms with Gasteiger partial charge in [-0.25, -0.2) is 14.2 Å². The maximum atomic E-state index is 16.1. The second-order valence-corrected chi connectivity index (χ2v) is 11.0. The number of carbonyl (C=O) groups excluding carboxylic acids is 1. The van der Waals surface area contributed by atoms with Gasteiger partial charge in [0, 0.05) is 31.1 Å². The summed E-state index contributed by atoms with van der Waals surface area (Å²) < 4.78 is 27.8. The highest BCUT2D eigenvalue weighted by molar-refractivity contribution is 6.33. The van der Waals surface area contributed by atoms with Gasteiger partial charge in [0.2, 0.25) is 12.1 Å². The topological polar surface area (TPSA) is 87.3 Å². The predicted octanol–water partition coefficient (Wildman–Crippen LogP) is 7.16. The molecule has 0 aromatic heterocycles. The summed E-state index contributed by atoms with van der Waals surface area (Å²) in [5, 5.41) is 9.37. The van der Waals surface area contributed by atoms with E-state index in [0.717, 1.165) is 12.8 Å². The van der Waals surface area contributed by atoms with Crippen LogP contribution in [-0.2, 0) is 9.47 Å². The van der Waals surface area contributed by atoms with Crippen LogP contribution in [0, 0.1) is 17.2 Å². The highest BCUT2D eigenvalue weighted by Gasteiger charge is 2.46. The predicted molar refractivity (Wildman–Crippen MR) is 144 cm³/mol. The highest BCUT2D eigenvalue weighted by Crippen LogP contribution is 2.38. The molecule has 0 spiro atoms. The Kier molecular flexibility index (Phi) is 9.36. The third-order valence-electron chi connectivity index (χ3n) is 6.72. The van der Waals surface area contributed by atoms with Crippen LogP contribution in [0.4, 0.5) is 14.9 Å². The lowest BCUT2D eigenvalue weighted by Gasteiger charge is -2.39. The van der Waals surface area contributed by atoms with Gasteiger partial charge in [0.1, 0.15) is 11.7 Å². The molecule has 0 aliphatic carbocycles. The number of halogens is 2. The van der Waals surface area contributed by atoms with Gasteiger partial charge in [-0.05, 0) is 64.2 Å². The molecule has 1 aromatic rings. The van der Waals surface area contributed by atoms with E-state index in [4.69, 9.17) is 26.3 Å². The van der Waals surface area contributed by atoms with Crippen molar-refractivity contribution in [3.8, 4) is 6.07 Å². The molecule has 1 amide bonds. The van der Waals surface area contributed by atoms with Crippen molar-refractivity contribution in [3.63, 3.8) is 0 Å². The molecule has 37 heavy (non-hydrogen) atoms. The summed E-state index contributed by atoms with van der Waals surface area (Å²) in [4.78, 5) is 23.3. The monoisotopic (exact) mass is 530 g/mol. The number of amides is 1. The van der Waals surface area contributed by atoms with Crippen LogP contribution >= 0.6 is 11.6 Å². The molecule has 3 rings (SSSR count). The SMILES string of the molecule is C=CN=C(OC1CC2CCC(C1)N2C(=O)OC(C)(C)C)C(F)C(=Nc1ccc(C#N)cc1Cl)C(C)CC. The standard InChI is InChI=1S/C28H36ClFN4O3/c1-7-17(3)25(33-23-12-9-18(16-31)13-22(23)29)24(30)26(32-8-2)36-21-14-19-10-11-20(15-21)34(19)27(35)37-28(4,5)6/h8-9,12-13,17,19-21,24H,2,7,10-11,14-15H2,1,3-6H3. The normalized spacial score (nSPS) is 23.7. The molecular weight excluding hydrogens is 495 g/mol. The van der Waals surface area contributed by atoms with Gasteiger partial charge >= 0.3 is 6.09 Å². The van der Waals surface area contributed by atoms with Crippen LogP contribution in [0.5, 0.6) is 0 Å². The molecule has 2 bridgehead atoms. The summed E-state index contributed by atoms with van der Waals surface area (Å²) in [5.74, 6) is -0.320. The van der Waals surface area contributed by atoms with E-state index >= 15 is 4.39 Å². The number of benzene rings is 1. The molecule has 2 saturated heterocycles. The van der Waals surface area contributed by atoms with Gasteiger partial charge in [-0.2, -0.15) is 5.26 Å². The lowest BCUT2D eigenvalue weighted by molar-refractivity contribution is -0.00965. The van der Waals surface area contributed by atoms with Crippen molar-refractivity contribution in [1.82, 2.24) is 4.90 Å². The molecule has 2 fully saturated rings. The van der Waals surface area contributed by atoms with Crippen LogP contribution in [0.3, 0.4) is 0 Å². The zero-order valence-electron chi connectivity index (χ0n) is 22.2. The Morgan fingerprint density at radius 3 is 2.51 bits per heavy atom. The van der Waals surface area contributed by atoms with E-state index in [0.29, 0.717) is 30.5 Å². The fourth-order valence-corrected chi connectivity index (χ4v) is 5.03. The van der Waals surface area contributed by atoms with Crippen LogP contribution in [0.1, 0.15) is 72.3 Å². The minimum absolute atomic E-state index is 0.0261. The summed E-state index contributed by atoms with van der Waals surface area (Å²) in [7, 11) is 0. The first-order chi connectivity index (χ1) is 17.5. The molecule has 9 heteroatoms. The molecule has 200 valence electrons. The molecule has 1 aromatic carbocycles. The number of hydrogen-bond acceptors (Lipinski definition) is 6. The Morgan fingerprint density at radius 1 is 1.35 bits per heavy atom. The van der Waals surface area contributed by atoms with E-state index in [1.165, 1.54) is 12.3 Å². The lowest BCUT2D eigenvalue weighted by atomic mass is 9.97. The van der Waals surface area contributed by atoms with E-state index in [9.17, 15) is 4.79 Å². The fourth-order valence-electron chi connectivity index (χ4n) is 4.81. The van der Waals surface area contributed by atoms with Crippen molar-refractivity contribution in [2.75, 3.05) is 0 Å². The Balaban J connectivity index is 1.80. The third kappa shape index (κ3) is 7.10. The number of alkyl halides is 1. The van der Waals surface area contributed by atoms with Gasteiger partial charge in [0.05, 0.1) is 28.1 Å². The molecule has 0 radical (unpaired) electrons. The Bertz CT molecular complexity index is 1090. The molecule has 4 unspecified atom stereocenters. The minimum Gasteiger partial charge on any atom is -0.475 e. The quantitative estimate of drug-likeness (QED) is 0.276.